The second-order valence-electron chi connectivity index (χ2n) is 11.4. The molecular formula is C29H42. The van der Waals surface area contributed by atoms with E-state index in [0.717, 1.165) is 0 Å². The van der Waals surface area contributed by atoms with Crippen molar-refractivity contribution in [2.75, 3.05) is 0 Å². The molecular weight excluding hydrogens is 348 g/mol. The summed E-state index contributed by atoms with van der Waals surface area (Å²) in [6, 6.07) is 16.7. The third kappa shape index (κ3) is 5.97. The lowest BCUT2D eigenvalue weighted by molar-refractivity contribution is 0.176. The van der Waals surface area contributed by atoms with Crippen LogP contribution >= 0.6 is 0 Å². The van der Waals surface area contributed by atoms with Gasteiger partial charge in [-0.3, -0.25) is 0 Å². The first-order valence-electron chi connectivity index (χ1n) is 11.8. The Balaban J connectivity index is 1.41. The zero-order valence-electron chi connectivity index (χ0n) is 19.8. The molecule has 0 heteroatoms. The van der Waals surface area contributed by atoms with E-state index in [2.05, 4.69) is 84.0 Å². The first-order valence-corrected chi connectivity index (χ1v) is 11.8. The Morgan fingerprint density at radius 2 is 1.14 bits per heavy atom. The van der Waals surface area contributed by atoms with Gasteiger partial charge < -0.3 is 0 Å². The lowest BCUT2D eigenvalue weighted by Gasteiger charge is -2.41. The van der Waals surface area contributed by atoms with E-state index in [1.807, 2.05) is 0 Å². The summed E-state index contributed by atoms with van der Waals surface area (Å²) in [4.78, 5) is 0. The number of unbranched alkanes of at least 4 members (excludes halogenated alkanes) is 3. The van der Waals surface area contributed by atoms with Crippen molar-refractivity contribution >= 4 is 0 Å². The highest BCUT2D eigenvalue weighted by Crippen LogP contribution is 2.47. The van der Waals surface area contributed by atoms with Crippen molar-refractivity contribution < 1.29 is 0 Å². The van der Waals surface area contributed by atoms with Crippen molar-refractivity contribution in [1.82, 2.24) is 0 Å². The van der Waals surface area contributed by atoms with E-state index in [1.165, 1.54) is 62.5 Å². The van der Waals surface area contributed by atoms with Gasteiger partial charge in [-0.15, -0.1) is 0 Å². The summed E-state index contributed by atoms with van der Waals surface area (Å²) < 4.78 is 0. The second-order valence-corrected chi connectivity index (χ2v) is 11.4. The predicted octanol–water partition coefficient (Wildman–Crippen LogP) is 8.31. The maximum absolute atomic E-state index is 2.45. The van der Waals surface area contributed by atoms with Crippen LogP contribution < -0.4 is 0 Å². The molecule has 0 aliphatic heterocycles. The minimum absolute atomic E-state index is 0.277. The van der Waals surface area contributed by atoms with Crippen LogP contribution in [-0.4, -0.2) is 0 Å². The second kappa shape index (κ2) is 9.07. The molecule has 158 valence electrons. The highest BCUT2D eigenvalue weighted by atomic mass is 14.4. The lowest BCUT2D eigenvalue weighted by atomic mass is 9.63. The molecule has 29 heavy (non-hydrogen) atoms. The minimum Gasteiger partial charge on any atom is -0.0596 e. The molecule has 0 saturated heterocycles. The molecule has 1 aliphatic carbocycles. The third-order valence-electron chi connectivity index (χ3n) is 6.66. The van der Waals surface area contributed by atoms with E-state index in [0.29, 0.717) is 5.92 Å². The Morgan fingerprint density at radius 3 is 1.62 bits per heavy atom. The number of hydrogen-bond acceptors (Lipinski definition) is 0. The van der Waals surface area contributed by atoms with Gasteiger partial charge in [-0.25, -0.2) is 0 Å². The Kier molecular flexibility index (Phi) is 6.92. The fourth-order valence-electron chi connectivity index (χ4n) is 5.59. The SMILES string of the molecule is CC(C)(C)C(c1ccc(CCCCCCc2ccc3c(c2)CC3)cc1)C(C)(C)C. The standard InChI is InChI=1S/C29H42/c1-28(2,3)27(29(4,5)6)25-17-13-22(14-18-25)11-9-7-8-10-12-23-15-16-24-19-20-26(24)21-23/h13-18,21,27H,7-12,19-20H2,1-6H3. The third-order valence-corrected chi connectivity index (χ3v) is 6.66. The average Bonchev–Trinajstić information content (AvgIpc) is 2.59. The highest BCUT2D eigenvalue weighted by molar-refractivity contribution is 5.38. The Labute approximate surface area is 180 Å². The smallest absolute Gasteiger partial charge is 0.00646 e. The van der Waals surface area contributed by atoms with E-state index in [9.17, 15) is 0 Å². The quantitative estimate of drug-likeness (QED) is 0.397. The van der Waals surface area contributed by atoms with Crippen LogP contribution in [0, 0.1) is 10.8 Å². The molecule has 0 heterocycles. The van der Waals surface area contributed by atoms with Gasteiger partial charge in [0.05, 0.1) is 0 Å². The first-order chi connectivity index (χ1) is 13.6. The molecule has 3 rings (SSSR count). The van der Waals surface area contributed by atoms with Crippen LogP contribution in [0.1, 0.15) is 101 Å². The summed E-state index contributed by atoms with van der Waals surface area (Å²) in [5, 5.41) is 0. The number of benzene rings is 2. The normalized spacial score (nSPS) is 14.0. The fraction of sp³-hybridized carbons (Fsp3) is 0.586. The fourth-order valence-corrected chi connectivity index (χ4v) is 5.59. The van der Waals surface area contributed by atoms with Crippen molar-refractivity contribution in [3.05, 3.63) is 70.3 Å². The molecule has 0 radical (unpaired) electrons. The number of rotatable bonds is 8. The molecule has 0 atom stereocenters. The van der Waals surface area contributed by atoms with Crippen LogP contribution in [0.15, 0.2) is 42.5 Å². The summed E-state index contributed by atoms with van der Waals surface area (Å²) in [5.41, 5.74) is 8.28. The highest BCUT2D eigenvalue weighted by Gasteiger charge is 2.35. The molecule has 0 amide bonds. The van der Waals surface area contributed by atoms with Crippen molar-refractivity contribution in [1.29, 1.82) is 0 Å². The number of fused-ring (bicyclic) bond motifs is 1. The maximum atomic E-state index is 2.45. The topological polar surface area (TPSA) is 0 Å². The molecule has 0 spiro atoms. The molecule has 1 aliphatic rings. The first kappa shape index (κ1) is 22.1. The van der Waals surface area contributed by atoms with E-state index >= 15 is 0 Å². The number of hydrogen-bond donors (Lipinski definition) is 0. The average molecular weight is 391 g/mol. The van der Waals surface area contributed by atoms with Crippen LogP contribution in [0.5, 0.6) is 0 Å². The monoisotopic (exact) mass is 390 g/mol. The Bertz CT molecular complexity index is 766. The van der Waals surface area contributed by atoms with Gasteiger partial charge in [-0.2, -0.15) is 0 Å². The van der Waals surface area contributed by atoms with Gasteiger partial charge in [0.2, 0.25) is 0 Å². The lowest BCUT2D eigenvalue weighted by Crippen LogP contribution is -2.30. The van der Waals surface area contributed by atoms with Crippen molar-refractivity contribution in [2.24, 2.45) is 10.8 Å². The summed E-state index contributed by atoms with van der Waals surface area (Å²) in [6.45, 7) is 14.2. The molecule has 0 nitrogen and oxygen atoms in total. The molecule has 0 N–H and O–H groups in total. The maximum Gasteiger partial charge on any atom is -0.00646 e. The molecule has 0 bridgehead atoms. The molecule has 0 saturated carbocycles. The van der Waals surface area contributed by atoms with E-state index in [-0.39, 0.29) is 10.8 Å². The molecule has 2 aromatic rings. The van der Waals surface area contributed by atoms with Crippen molar-refractivity contribution in [3.63, 3.8) is 0 Å². The molecule has 0 unspecified atom stereocenters. The van der Waals surface area contributed by atoms with Gasteiger partial charge in [0.25, 0.3) is 0 Å². The molecule has 0 aromatic heterocycles. The zero-order valence-corrected chi connectivity index (χ0v) is 19.8. The van der Waals surface area contributed by atoms with E-state index in [1.54, 1.807) is 16.7 Å². The molecule has 2 aromatic carbocycles. The summed E-state index contributed by atoms with van der Waals surface area (Å²) >= 11 is 0. The van der Waals surface area contributed by atoms with Crippen LogP contribution in [0.2, 0.25) is 0 Å². The van der Waals surface area contributed by atoms with E-state index < -0.39 is 0 Å². The van der Waals surface area contributed by atoms with Gasteiger partial charge in [0.15, 0.2) is 0 Å². The largest absolute Gasteiger partial charge is 0.0596 e. The van der Waals surface area contributed by atoms with Crippen molar-refractivity contribution in [2.45, 2.75) is 98.8 Å². The minimum atomic E-state index is 0.277. The predicted molar refractivity (Wildman–Crippen MR) is 128 cm³/mol. The van der Waals surface area contributed by atoms with Gasteiger partial charge in [-0.05, 0) is 83.1 Å². The Hall–Kier alpha value is -1.56. The summed E-state index contributed by atoms with van der Waals surface area (Å²) in [5.74, 6) is 0.568. The van der Waals surface area contributed by atoms with Crippen LogP contribution in [-0.2, 0) is 25.7 Å². The van der Waals surface area contributed by atoms with E-state index in [4.69, 9.17) is 0 Å². The van der Waals surface area contributed by atoms with Gasteiger partial charge >= 0.3 is 0 Å². The van der Waals surface area contributed by atoms with Crippen LogP contribution in [0.4, 0.5) is 0 Å². The van der Waals surface area contributed by atoms with Crippen LogP contribution in [0.25, 0.3) is 0 Å². The van der Waals surface area contributed by atoms with Gasteiger partial charge in [0.1, 0.15) is 0 Å². The van der Waals surface area contributed by atoms with Gasteiger partial charge in [0, 0.05) is 0 Å². The Morgan fingerprint density at radius 1 is 0.621 bits per heavy atom. The van der Waals surface area contributed by atoms with Crippen molar-refractivity contribution in [3.8, 4) is 0 Å². The summed E-state index contributed by atoms with van der Waals surface area (Å²) in [6.07, 6.45) is 10.4. The zero-order chi connectivity index (χ0) is 21.1. The number of aryl methyl sites for hydroxylation is 4. The molecule has 0 fully saturated rings. The van der Waals surface area contributed by atoms with Gasteiger partial charge in [-0.1, -0.05) is 96.8 Å². The van der Waals surface area contributed by atoms with Crippen LogP contribution in [0.3, 0.4) is 0 Å². The summed E-state index contributed by atoms with van der Waals surface area (Å²) in [7, 11) is 0.